The molecule has 3 aromatic rings. The zero-order chi connectivity index (χ0) is 19.0. The van der Waals surface area contributed by atoms with Crippen molar-refractivity contribution in [3.05, 3.63) is 77.7 Å². The Balaban J connectivity index is 1.58. The van der Waals surface area contributed by atoms with E-state index in [0.29, 0.717) is 28.9 Å². The summed E-state index contributed by atoms with van der Waals surface area (Å²) in [5, 5.41) is 0.700. The maximum atomic E-state index is 14.7. The van der Waals surface area contributed by atoms with Gasteiger partial charge in [0.2, 0.25) is 0 Å². The van der Waals surface area contributed by atoms with Crippen LogP contribution in [0.2, 0.25) is 0 Å². The number of hydrogen-bond donors (Lipinski definition) is 0. The van der Waals surface area contributed by atoms with Crippen LogP contribution in [-0.2, 0) is 6.18 Å². The van der Waals surface area contributed by atoms with Crippen LogP contribution in [0.3, 0.4) is 0 Å². The van der Waals surface area contributed by atoms with Crippen LogP contribution in [0, 0.1) is 5.82 Å². The van der Waals surface area contributed by atoms with Gasteiger partial charge in [-0.05, 0) is 42.5 Å². The average molecular weight is 371 g/mol. The van der Waals surface area contributed by atoms with Crippen LogP contribution in [0.5, 0.6) is 0 Å². The molecule has 0 radical (unpaired) electrons. The lowest BCUT2D eigenvalue weighted by Crippen LogP contribution is -2.24. The highest BCUT2D eigenvalue weighted by Crippen LogP contribution is 2.31. The van der Waals surface area contributed by atoms with Crippen molar-refractivity contribution < 1.29 is 17.6 Å². The van der Waals surface area contributed by atoms with Crippen molar-refractivity contribution in [3.63, 3.8) is 0 Å². The summed E-state index contributed by atoms with van der Waals surface area (Å²) in [5.74, 6) is -0.445. The second-order valence-electron chi connectivity index (χ2n) is 6.03. The first-order valence-corrected chi connectivity index (χ1v) is 8.15. The van der Waals surface area contributed by atoms with E-state index in [1.807, 2.05) is 0 Å². The van der Waals surface area contributed by atoms with Gasteiger partial charge >= 0.3 is 6.18 Å². The van der Waals surface area contributed by atoms with Gasteiger partial charge in [-0.2, -0.15) is 13.2 Å². The Kier molecular flexibility index (Phi) is 4.14. The number of alkyl halides is 3. The molecule has 0 bridgehead atoms. The molecule has 2 aromatic carbocycles. The van der Waals surface area contributed by atoms with Crippen LogP contribution in [-0.4, -0.2) is 17.9 Å². The smallest absolute Gasteiger partial charge is 0.328 e. The van der Waals surface area contributed by atoms with Crippen molar-refractivity contribution in [2.45, 2.75) is 6.18 Å². The van der Waals surface area contributed by atoms with Crippen LogP contribution in [0.4, 0.5) is 23.2 Å². The van der Waals surface area contributed by atoms with Gasteiger partial charge in [-0.1, -0.05) is 12.1 Å². The SMILES string of the molecule is Fc1c(C2=CCN(c3ccc(C(F)(F)F)cc3)C=N2)ccc2cccnc12. The predicted molar refractivity (Wildman–Crippen MR) is 97.0 cm³/mol. The molecule has 0 N–H and O–H groups in total. The van der Waals surface area contributed by atoms with Gasteiger partial charge in [0, 0.05) is 29.4 Å². The molecule has 0 saturated heterocycles. The number of benzene rings is 2. The third-order valence-electron chi connectivity index (χ3n) is 4.33. The van der Waals surface area contributed by atoms with Gasteiger partial charge in [0.05, 0.1) is 17.6 Å². The Morgan fingerprint density at radius 2 is 1.74 bits per heavy atom. The lowest BCUT2D eigenvalue weighted by Gasteiger charge is -2.22. The normalized spacial score (nSPS) is 14.5. The highest BCUT2D eigenvalue weighted by Gasteiger charge is 2.30. The van der Waals surface area contributed by atoms with Crippen molar-refractivity contribution in [3.8, 4) is 0 Å². The monoisotopic (exact) mass is 371 g/mol. The molecule has 0 atom stereocenters. The van der Waals surface area contributed by atoms with Gasteiger partial charge in [0.1, 0.15) is 5.52 Å². The van der Waals surface area contributed by atoms with Crippen LogP contribution in [0.15, 0.2) is 65.8 Å². The maximum Gasteiger partial charge on any atom is 0.416 e. The van der Waals surface area contributed by atoms with Crippen molar-refractivity contribution >= 4 is 28.6 Å². The summed E-state index contributed by atoms with van der Waals surface area (Å²) in [6.45, 7) is 0.365. The topological polar surface area (TPSA) is 28.5 Å². The van der Waals surface area contributed by atoms with E-state index in [9.17, 15) is 17.6 Å². The lowest BCUT2D eigenvalue weighted by atomic mass is 10.1. The number of nitrogens with zero attached hydrogens (tertiary/aromatic N) is 3. The van der Waals surface area contributed by atoms with E-state index in [1.54, 1.807) is 35.2 Å². The molecule has 0 spiro atoms. The van der Waals surface area contributed by atoms with Gasteiger partial charge in [0.25, 0.3) is 0 Å². The fourth-order valence-electron chi connectivity index (χ4n) is 2.92. The van der Waals surface area contributed by atoms with Crippen molar-refractivity contribution in [2.75, 3.05) is 11.4 Å². The number of fused-ring (bicyclic) bond motifs is 1. The number of aliphatic imine (C=N–C) groups is 1. The van der Waals surface area contributed by atoms with E-state index in [1.165, 1.54) is 24.7 Å². The molecule has 1 aliphatic heterocycles. The maximum absolute atomic E-state index is 14.7. The zero-order valence-corrected chi connectivity index (χ0v) is 13.9. The third-order valence-corrected chi connectivity index (χ3v) is 4.33. The molecule has 4 rings (SSSR count). The Hall–Kier alpha value is -3.22. The summed E-state index contributed by atoms with van der Waals surface area (Å²) in [5.41, 5.74) is 0.939. The summed E-state index contributed by atoms with van der Waals surface area (Å²) < 4.78 is 52.7. The quantitative estimate of drug-likeness (QED) is 0.573. The molecule has 27 heavy (non-hydrogen) atoms. The predicted octanol–water partition coefficient (Wildman–Crippen LogP) is 5.28. The van der Waals surface area contributed by atoms with Crippen LogP contribution in [0.1, 0.15) is 11.1 Å². The zero-order valence-electron chi connectivity index (χ0n) is 13.9. The van der Waals surface area contributed by atoms with E-state index in [-0.39, 0.29) is 5.52 Å². The Labute approximate surface area is 152 Å². The summed E-state index contributed by atoms with van der Waals surface area (Å²) >= 11 is 0. The molecule has 0 saturated carbocycles. The molecule has 0 aliphatic carbocycles. The van der Waals surface area contributed by atoms with Crippen molar-refractivity contribution in [1.29, 1.82) is 0 Å². The first-order valence-electron chi connectivity index (χ1n) is 8.15. The Bertz CT molecular complexity index is 1050. The molecule has 0 fully saturated rings. The third kappa shape index (κ3) is 3.28. The molecule has 0 unspecified atom stereocenters. The highest BCUT2D eigenvalue weighted by molar-refractivity contribution is 5.90. The minimum absolute atomic E-state index is 0.274. The number of anilines is 1. The molecule has 2 heterocycles. The van der Waals surface area contributed by atoms with E-state index in [4.69, 9.17) is 0 Å². The Morgan fingerprint density at radius 1 is 0.963 bits per heavy atom. The minimum atomic E-state index is -4.37. The minimum Gasteiger partial charge on any atom is -0.328 e. The second-order valence-corrected chi connectivity index (χ2v) is 6.03. The van der Waals surface area contributed by atoms with Gasteiger partial charge < -0.3 is 4.90 Å². The lowest BCUT2D eigenvalue weighted by molar-refractivity contribution is -0.137. The summed E-state index contributed by atoms with van der Waals surface area (Å²) in [4.78, 5) is 10.0. The molecule has 3 nitrogen and oxygen atoms in total. The fraction of sp³-hybridized carbons (Fsp3) is 0.100. The van der Waals surface area contributed by atoms with Crippen LogP contribution in [0.25, 0.3) is 16.6 Å². The van der Waals surface area contributed by atoms with Crippen molar-refractivity contribution in [1.82, 2.24) is 4.98 Å². The van der Waals surface area contributed by atoms with Crippen LogP contribution < -0.4 is 4.90 Å². The molecule has 1 aromatic heterocycles. The number of hydrogen-bond acceptors (Lipinski definition) is 3. The number of halogens is 4. The van der Waals surface area contributed by atoms with E-state index >= 15 is 0 Å². The highest BCUT2D eigenvalue weighted by atomic mass is 19.4. The fourth-order valence-corrected chi connectivity index (χ4v) is 2.92. The largest absolute Gasteiger partial charge is 0.416 e. The summed E-state index contributed by atoms with van der Waals surface area (Å²) in [6, 6.07) is 11.8. The summed E-state index contributed by atoms with van der Waals surface area (Å²) in [7, 11) is 0. The molecule has 136 valence electrons. The first-order chi connectivity index (χ1) is 12.9. The first kappa shape index (κ1) is 17.2. The summed E-state index contributed by atoms with van der Waals surface area (Å²) in [6.07, 6.45) is 0.369. The second kappa shape index (κ2) is 6.50. The van der Waals surface area contributed by atoms with Crippen LogP contribution >= 0.6 is 0 Å². The molecular weight excluding hydrogens is 358 g/mol. The van der Waals surface area contributed by atoms with Crippen molar-refractivity contribution in [2.24, 2.45) is 4.99 Å². The molecule has 0 amide bonds. The Morgan fingerprint density at radius 3 is 2.41 bits per heavy atom. The van der Waals surface area contributed by atoms with E-state index < -0.39 is 17.6 Å². The number of pyridine rings is 1. The number of rotatable bonds is 2. The number of aromatic nitrogens is 1. The standard InChI is InChI=1S/C20H13F4N3/c21-18-16(8-3-13-2-1-10-25-19(13)18)17-9-11-27(12-26-17)15-6-4-14(5-7-15)20(22,23)24/h1-10,12H,11H2. The molecule has 7 heteroatoms. The van der Waals surface area contributed by atoms with Gasteiger partial charge in [-0.15, -0.1) is 0 Å². The van der Waals surface area contributed by atoms with E-state index in [0.717, 1.165) is 12.1 Å². The van der Waals surface area contributed by atoms with E-state index in [2.05, 4.69) is 9.98 Å². The molecule has 1 aliphatic rings. The molecular formula is C20H13F4N3. The van der Waals surface area contributed by atoms with Gasteiger partial charge in [0.15, 0.2) is 5.82 Å². The average Bonchev–Trinajstić information content (AvgIpc) is 2.68. The van der Waals surface area contributed by atoms with Gasteiger partial charge in [-0.25, -0.2) is 9.38 Å². The van der Waals surface area contributed by atoms with Gasteiger partial charge in [-0.3, -0.25) is 4.98 Å².